The van der Waals surface area contributed by atoms with Crippen molar-refractivity contribution in [2.75, 3.05) is 6.61 Å². The predicted octanol–water partition coefficient (Wildman–Crippen LogP) is 3.09. The number of non-ortho nitro benzene ring substituents is 1. The number of esters is 1. The van der Waals surface area contributed by atoms with Crippen molar-refractivity contribution in [3.8, 4) is 23.0 Å². The molecular weight excluding hydrogens is 382 g/mol. The molecule has 2 aromatic carbocycles. The molecule has 0 amide bonds. The SMILES string of the molecule is C[C@@H](OC(=O)[C@H]1COc2ccccc2O1)c1nnc(-c2ccc([N+](=O)[O-])cc2)o1. The van der Waals surface area contributed by atoms with Gasteiger partial charge in [0.25, 0.3) is 11.6 Å². The number of nitro benzene ring substituents is 1. The van der Waals surface area contributed by atoms with Gasteiger partial charge in [0.15, 0.2) is 17.6 Å². The molecule has 1 aromatic heterocycles. The molecule has 2 heterocycles. The number of ether oxygens (including phenoxy) is 3. The highest BCUT2D eigenvalue weighted by Gasteiger charge is 2.31. The number of aromatic nitrogens is 2. The summed E-state index contributed by atoms with van der Waals surface area (Å²) in [6.45, 7) is 1.61. The number of carbonyl (C=O) groups is 1. The molecule has 1 aliphatic heterocycles. The van der Waals surface area contributed by atoms with E-state index in [1.54, 1.807) is 31.2 Å². The number of carbonyl (C=O) groups excluding carboxylic acids is 1. The standard InChI is InChI=1S/C19H15N3O7/c1-11(27-19(23)16-10-26-14-4-2-3-5-15(14)28-16)17-20-21-18(29-17)12-6-8-13(9-7-12)22(24)25/h2-9,11,16H,10H2,1H3/t11-,16-/m1/s1. The Morgan fingerprint density at radius 3 is 2.62 bits per heavy atom. The van der Waals surface area contributed by atoms with Crippen molar-refractivity contribution in [2.45, 2.75) is 19.1 Å². The molecule has 4 rings (SSSR count). The number of nitro groups is 1. The summed E-state index contributed by atoms with van der Waals surface area (Å²) < 4.78 is 22.0. The Bertz CT molecular complexity index is 1050. The molecular formula is C19H15N3O7. The fourth-order valence-electron chi connectivity index (χ4n) is 2.68. The van der Waals surface area contributed by atoms with E-state index < -0.39 is 23.1 Å². The van der Waals surface area contributed by atoms with Gasteiger partial charge in [0.2, 0.25) is 12.0 Å². The van der Waals surface area contributed by atoms with Crippen LogP contribution in [0.15, 0.2) is 52.9 Å². The lowest BCUT2D eigenvalue weighted by Crippen LogP contribution is -2.38. The van der Waals surface area contributed by atoms with Gasteiger partial charge in [0, 0.05) is 17.7 Å². The third kappa shape index (κ3) is 3.86. The first kappa shape index (κ1) is 18.4. The van der Waals surface area contributed by atoms with E-state index in [1.165, 1.54) is 24.3 Å². The maximum absolute atomic E-state index is 12.4. The van der Waals surface area contributed by atoms with Crippen molar-refractivity contribution < 1.29 is 28.3 Å². The lowest BCUT2D eigenvalue weighted by molar-refractivity contribution is -0.384. The Morgan fingerprint density at radius 1 is 1.17 bits per heavy atom. The van der Waals surface area contributed by atoms with Crippen LogP contribution in [0.4, 0.5) is 5.69 Å². The maximum atomic E-state index is 12.4. The Labute approximate surface area is 164 Å². The zero-order valence-corrected chi connectivity index (χ0v) is 15.2. The number of para-hydroxylation sites is 2. The average Bonchev–Trinajstić information content (AvgIpc) is 3.24. The van der Waals surface area contributed by atoms with Crippen LogP contribution in [0.5, 0.6) is 11.5 Å². The van der Waals surface area contributed by atoms with Gasteiger partial charge < -0.3 is 18.6 Å². The molecule has 1 aliphatic rings. The second-order valence-corrected chi connectivity index (χ2v) is 6.19. The number of nitrogens with zero attached hydrogens (tertiary/aromatic N) is 3. The minimum Gasteiger partial charge on any atom is -0.485 e. The minimum absolute atomic E-state index is 0.0282. The first-order chi connectivity index (χ1) is 14.0. The van der Waals surface area contributed by atoms with Crippen LogP contribution < -0.4 is 9.47 Å². The summed E-state index contributed by atoms with van der Waals surface area (Å²) in [5.74, 6) is 0.649. The molecule has 0 saturated heterocycles. The molecule has 29 heavy (non-hydrogen) atoms. The fourth-order valence-corrected chi connectivity index (χ4v) is 2.68. The Hall–Kier alpha value is -3.95. The molecule has 0 aliphatic carbocycles. The van der Waals surface area contributed by atoms with Crippen molar-refractivity contribution in [1.29, 1.82) is 0 Å². The molecule has 0 bridgehead atoms. The summed E-state index contributed by atoms with van der Waals surface area (Å²) in [5.41, 5.74) is 0.459. The molecule has 0 unspecified atom stereocenters. The van der Waals surface area contributed by atoms with Gasteiger partial charge in [-0.1, -0.05) is 12.1 Å². The number of hydrogen-bond acceptors (Lipinski definition) is 9. The number of rotatable bonds is 5. The lowest BCUT2D eigenvalue weighted by Gasteiger charge is -2.25. The van der Waals surface area contributed by atoms with E-state index >= 15 is 0 Å². The molecule has 0 fully saturated rings. The van der Waals surface area contributed by atoms with E-state index in [9.17, 15) is 14.9 Å². The first-order valence-corrected chi connectivity index (χ1v) is 8.68. The molecule has 148 valence electrons. The van der Waals surface area contributed by atoms with Crippen molar-refractivity contribution in [3.05, 3.63) is 64.5 Å². The lowest BCUT2D eigenvalue weighted by atomic mass is 10.2. The van der Waals surface area contributed by atoms with Crippen LogP contribution in [0, 0.1) is 10.1 Å². The van der Waals surface area contributed by atoms with Gasteiger partial charge in [-0.2, -0.15) is 0 Å². The second kappa shape index (κ2) is 7.58. The summed E-state index contributed by atoms with van der Waals surface area (Å²) in [6, 6.07) is 12.7. The van der Waals surface area contributed by atoms with Crippen molar-refractivity contribution in [2.24, 2.45) is 0 Å². The van der Waals surface area contributed by atoms with Crippen LogP contribution in [0.25, 0.3) is 11.5 Å². The van der Waals surface area contributed by atoms with E-state index in [2.05, 4.69) is 10.2 Å². The Kier molecular flexibility index (Phi) is 4.82. The largest absolute Gasteiger partial charge is 0.485 e. The zero-order chi connectivity index (χ0) is 20.4. The zero-order valence-electron chi connectivity index (χ0n) is 15.2. The molecule has 0 N–H and O–H groups in total. The molecule has 2 atom stereocenters. The number of fused-ring (bicyclic) bond motifs is 1. The normalized spacial score (nSPS) is 16.1. The van der Waals surface area contributed by atoms with E-state index in [0.717, 1.165) is 0 Å². The summed E-state index contributed by atoms with van der Waals surface area (Å²) in [4.78, 5) is 22.6. The smallest absolute Gasteiger partial charge is 0.351 e. The minimum atomic E-state index is -0.913. The molecule has 10 heteroatoms. The van der Waals surface area contributed by atoms with Gasteiger partial charge in [0.05, 0.1) is 4.92 Å². The maximum Gasteiger partial charge on any atom is 0.351 e. The van der Waals surface area contributed by atoms with Gasteiger partial charge in [-0.05, 0) is 31.2 Å². The quantitative estimate of drug-likeness (QED) is 0.362. The van der Waals surface area contributed by atoms with Crippen molar-refractivity contribution in [1.82, 2.24) is 10.2 Å². The first-order valence-electron chi connectivity index (χ1n) is 8.68. The summed E-state index contributed by atoms with van der Waals surface area (Å²) in [6.07, 6.45) is -1.73. The van der Waals surface area contributed by atoms with Gasteiger partial charge in [-0.25, -0.2) is 4.79 Å². The summed E-state index contributed by atoms with van der Waals surface area (Å²) in [5, 5.41) is 18.5. The van der Waals surface area contributed by atoms with Crippen LogP contribution in [0.1, 0.15) is 18.9 Å². The molecule has 10 nitrogen and oxygen atoms in total. The van der Waals surface area contributed by atoms with Gasteiger partial charge in [-0.3, -0.25) is 10.1 Å². The molecule has 0 radical (unpaired) electrons. The van der Waals surface area contributed by atoms with Crippen LogP contribution in [0.2, 0.25) is 0 Å². The van der Waals surface area contributed by atoms with Crippen molar-refractivity contribution >= 4 is 11.7 Å². The van der Waals surface area contributed by atoms with Crippen molar-refractivity contribution in [3.63, 3.8) is 0 Å². The van der Waals surface area contributed by atoms with E-state index in [-0.39, 0.29) is 24.1 Å². The number of hydrogen-bond donors (Lipinski definition) is 0. The molecule has 0 spiro atoms. The molecule has 3 aromatic rings. The highest BCUT2D eigenvalue weighted by molar-refractivity contribution is 5.76. The van der Waals surface area contributed by atoms with E-state index in [1.807, 2.05) is 0 Å². The summed E-state index contributed by atoms with van der Waals surface area (Å²) >= 11 is 0. The highest BCUT2D eigenvalue weighted by Crippen LogP contribution is 2.32. The van der Waals surface area contributed by atoms with E-state index in [0.29, 0.717) is 17.1 Å². The van der Waals surface area contributed by atoms with Crippen LogP contribution in [-0.4, -0.2) is 33.8 Å². The predicted molar refractivity (Wildman–Crippen MR) is 97.2 cm³/mol. The topological polar surface area (TPSA) is 127 Å². The second-order valence-electron chi connectivity index (χ2n) is 6.19. The monoisotopic (exact) mass is 397 g/mol. The Balaban J connectivity index is 1.41. The van der Waals surface area contributed by atoms with Crippen LogP contribution in [0.3, 0.4) is 0 Å². The van der Waals surface area contributed by atoms with E-state index in [4.69, 9.17) is 18.6 Å². The van der Waals surface area contributed by atoms with Gasteiger partial charge in [0.1, 0.15) is 6.61 Å². The molecule has 0 saturated carbocycles. The van der Waals surface area contributed by atoms with Gasteiger partial charge in [-0.15, -0.1) is 10.2 Å². The highest BCUT2D eigenvalue weighted by atomic mass is 16.6. The average molecular weight is 397 g/mol. The fraction of sp³-hybridized carbons (Fsp3) is 0.211. The van der Waals surface area contributed by atoms with Crippen LogP contribution >= 0.6 is 0 Å². The van der Waals surface area contributed by atoms with Crippen LogP contribution in [-0.2, 0) is 9.53 Å². The summed E-state index contributed by atoms with van der Waals surface area (Å²) in [7, 11) is 0. The third-order valence-electron chi connectivity index (χ3n) is 4.18. The Morgan fingerprint density at radius 2 is 1.90 bits per heavy atom. The third-order valence-corrected chi connectivity index (χ3v) is 4.18. The number of benzene rings is 2. The van der Waals surface area contributed by atoms with Gasteiger partial charge >= 0.3 is 5.97 Å².